The summed E-state index contributed by atoms with van der Waals surface area (Å²) < 4.78 is 0. The molecule has 5 heteroatoms. The summed E-state index contributed by atoms with van der Waals surface area (Å²) >= 11 is 0. The lowest BCUT2D eigenvalue weighted by Gasteiger charge is -2.35. The number of amides is 2. The van der Waals surface area contributed by atoms with Crippen LogP contribution in [0.25, 0.3) is 0 Å². The molecule has 2 unspecified atom stereocenters. The second-order valence-electron chi connectivity index (χ2n) is 8.04. The molecule has 1 fully saturated rings. The fraction of sp³-hybridized carbons (Fsp3) is 0.450. The highest BCUT2D eigenvalue weighted by Crippen LogP contribution is 2.42. The molecule has 1 aromatic heterocycles. The molecule has 130 valence electrons. The van der Waals surface area contributed by atoms with Crippen molar-refractivity contribution in [3.8, 4) is 0 Å². The number of fused-ring (bicyclic) bond motifs is 4. The largest absolute Gasteiger partial charge is 0.322 e. The molecule has 2 amide bonds. The number of carbonyl (C=O) groups is 1. The summed E-state index contributed by atoms with van der Waals surface area (Å²) in [5.74, 6) is 0. The molecule has 2 atom stereocenters. The van der Waals surface area contributed by atoms with Gasteiger partial charge in [-0.15, -0.1) is 0 Å². The predicted molar refractivity (Wildman–Crippen MR) is 97.5 cm³/mol. The first kappa shape index (κ1) is 16.1. The third-order valence-electron chi connectivity index (χ3n) is 5.35. The fourth-order valence-electron chi connectivity index (χ4n) is 3.98. The van der Waals surface area contributed by atoms with E-state index in [2.05, 4.69) is 48.2 Å². The lowest BCUT2D eigenvalue weighted by Crippen LogP contribution is -2.44. The van der Waals surface area contributed by atoms with E-state index in [9.17, 15) is 4.79 Å². The number of aromatic nitrogens is 2. The Labute approximate surface area is 148 Å². The van der Waals surface area contributed by atoms with Crippen LogP contribution in [0.1, 0.15) is 56.5 Å². The van der Waals surface area contributed by atoms with Crippen molar-refractivity contribution in [1.29, 1.82) is 0 Å². The smallest absolute Gasteiger partial charge is 0.314 e. The lowest BCUT2D eigenvalue weighted by atomic mass is 9.87. The van der Waals surface area contributed by atoms with E-state index in [1.165, 1.54) is 5.56 Å². The predicted octanol–water partition coefficient (Wildman–Crippen LogP) is 4.07. The molecule has 2 bridgehead atoms. The number of rotatable bonds is 1. The summed E-state index contributed by atoms with van der Waals surface area (Å²) in [6.45, 7) is 6.56. The molecule has 2 aliphatic heterocycles. The minimum absolute atomic E-state index is 0.0227. The van der Waals surface area contributed by atoms with E-state index in [-0.39, 0.29) is 23.5 Å². The molecule has 5 nitrogen and oxygen atoms in total. The maximum Gasteiger partial charge on any atom is 0.322 e. The highest BCUT2D eigenvalue weighted by Gasteiger charge is 2.43. The van der Waals surface area contributed by atoms with E-state index in [1.54, 1.807) is 6.33 Å². The van der Waals surface area contributed by atoms with Gasteiger partial charge in [-0.1, -0.05) is 32.9 Å². The number of nitrogens with one attached hydrogen (secondary N) is 1. The van der Waals surface area contributed by atoms with E-state index in [0.29, 0.717) is 0 Å². The van der Waals surface area contributed by atoms with Crippen molar-refractivity contribution >= 4 is 11.7 Å². The quantitative estimate of drug-likeness (QED) is 0.854. The van der Waals surface area contributed by atoms with Gasteiger partial charge in [-0.25, -0.2) is 14.8 Å². The molecule has 3 heterocycles. The normalized spacial score (nSPS) is 21.8. The summed E-state index contributed by atoms with van der Waals surface area (Å²) in [5, 5.41) is 3.07. The van der Waals surface area contributed by atoms with Crippen LogP contribution in [-0.4, -0.2) is 26.9 Å². The summed E-state index contributed by atoms with van der Waals surface area (Å²) in [6.07, 6.45) is 6.31. The van der Waals surface area contributed by atoms with E-state index >= 15 is 0 Å². The lowest BCUT2D eigenvalue weighted by molar-refractivity contribution is 0.178. The topological polar surface area (TPSA) is 58.1 Å². The zero-order valence-electron chi connectivity index (χ0n) is 15.0. The van der Waals surface area contributed by atoms with Crippen molar-refractivity contribution in [3.05, 3.63) is 53.6 Å². The van der Waals surface area contributed by atoms with Crippen LogP contribution in [0.4, 0.5) is 10.5 Å². The molecule has 1 N–H and O–H groups in total. The number of hydrogen-bond acceptors (Lipinski definition) is 3. The van der Waals surface area contributed by atoms with Crippen molar-refractivity contribution in [2.24, 2.45) is 0 Å². The van der Waals surface area contributed by atoms with Crippen molar-refractivity contribution in [2.75, 3.05) is 5.32 Å². The van der Waals surface area contributed by atoms with Crippen molar-refractivity contribution < 1.29 is 4.79 Å². The van der Waals surface area contributed by atoms with Gasteiger partial charge < -0.3 is 10.2 Å². The van der Waals surface area contributed by atoms with Gasteiger partial charge in [-0.2, -0.15) is 0 Å². The Bertz CT molecular complexity index is 794. The molecule has 0 radical (unpaired) electrons. The second-order valence-corrected chi connectivity index (χ2v) is 8.04. The number of hydrogen-bond donors (Lipinski definition) is 1. The average Bonchev–Trinajstić information content (AvgIpc) is 2.90. The zero-order valence-corrected chi connectivity index (χ0v) is 15.0. The first-order valence-corrected chi connectivity index (χ1v) is 8.92. The van der Waals surface area contributed by atoms with Gasteiger partial charge in [0.2, 0.25) is 0 Å². The molecule has 1 saturated heterocycles. The number of urea groups is 1. The van der Waals surface area contributed by atoms with Crippen LogP contribution in [0.5, 0.6) is 0 Å². The van der Waals surface area contributed by atoms with Gasteiger partial charge in [-0.05, 0) is 36.0 Å². The van der Waals surface area contributed by atoms with E-state index in [0.717, 1.165) is 36.2 Å². The van der Waals surface area contributed by atoms with Gasteiger partial charge >= 0.3 is 6.03 Å². The molecular formula is C20H24N4O. The fourth-order valence-corrected chi connectivity index (χ4v) is 3.98. The van der Waals surface area contributed by atoms with Crippen LogP contribution in [0, 0.1) is 0 Å². The monoisotopic (exact) mass is 336 g/mol. The summed E-state index contributed by atoms with van der Waals surface area (Å²) in [5.41, 5.74) is 4.41. The van der Waals surface area contributed by atoms with Gasteiger partial charge in [0.1, 0.15) is 6.33 Å². The summed E-state index contributed by atoms with van der Waals surface area (Å²) in [6, 6.07) is 8.46. The third-order valence-corrected chi connectivity index (χ3v) is 5.35. The maximum atomic E-state index is 12.9. The van der Waals surface area contributed by atoms with Crippen LogP contribution < -0.4 is 5.32 Å². The van der Waals surface area contributed by atoms with Crippen LogP contribution in [0.15, 0.2) is 36.8 Å². The third kappa shape index (κ3) is 2.88. The van der Waals surface area contributed by atoms with Gasteiger partial charge in [0.15, 0.2) is 0 Å². The summed E-state index contributed by atoms with van der Waals surface area (Å²) in [4.78, 5) is 23.4. The van der Waals surface area contributed by atoms with Gasteiger partial charge in [0, 0.05) is 29.9 Å². The Morgan fingerprint density at radius 1 is 1.20 bits per heavy atom. The first-order valence-electron chi connectivity index (χ1n) is 8.92. The van der Waals surface area contributed by atoms with Gasteiger partial charge in [0.05, 0.1) is 11.7 Å². The highest BCUT2D eigenvalue weighted by molar-refractivity contribution is 5.90. The molecule has 1 aromatic carbocycles. The standard InChI is InChI=1S/C20H24N4O/c1-20(2,3)13-4-6-14(7-5-13)23-19(25)24-15-8-9-18(24)16-11-21-12-22-17(16)10-15/h4-7,11-12,15,18H,8-10H2,1-3H3,(H,23,25). The molecule has 0 aliphatic carbocycles. The number of benzene rings is 1. The molecule has 2 aromatic rings. The molecular weight excluding hydrogens is 312 g/mol. The van der Waals surface area contributed by atoms with E-state index in [1.807, 2.05) is 23.2 Å². The first-order chi connectivity index (χ1) is 11.9. The second kappa shape index (κ2) is 5.83. The Hall–Kier alpha value is -2.43. The van der Waals surface area contributed by atoms with Gasteiger partial charge in [0.25, 0.3) is 0 Å². The average molecular weight is 336 g/mol. The SMILES string of the molecule is CC(C)(C)c1ccc(NC(=O)N2C3CCC2c2cncnc2C3)cc1. The van der Waals surface area contributed by atoms with Crippen LogP contribution >= 0.6 is 0 Å². The van der Waals surface area contributed by atoms with E-state index < -0.39 is 0 Å². The molecule has 4 rings (SSSR count). The van der Waals surface area contributed by atoms with Crippen LogP contribution in [-0.2, 0) is 11.8 Å². The Morgan fingerprint density at radius 3 is 2.68 bits per heavy atom. The molecule has 25 heavy (non-hydrogen) atoms. The van der Waals surface area contributed by atoms with E-state index in [4.69, 9.17) is 0 Å². The number of anilines is 1. The Kier molecular flexibility index (Phi) is 3.74. The minimum atomic E-state index is -0.0227. The Morgan fingerprint density at radius 2 is 1.96 bits per heavy atom. The number of carbonyl (C=O) groups excluding carboxylic acids is 1. The molecule has 2 aliphatic rings. The molecule has 0 saturated carbocycles. The molecule has 0 spiro atoms. The number of nitrogens with zero attached hydrogens (tertiary/aromatic N) is 3. The van der Waals surface area contributed by atoms with Crippen LogP contribution in [0.3, 0.4) is 0 Å². The maximum absolute atomic E-state index is 12.9. The minimum Gasteiger partial charge on any atom is -0.314 e. The van der Waals surface area contributed by atoms with Crippen molar-refractivity contribution in [1.82, 2.24) is 14.9 Å². The zero-order chi connectivity index (χ0) is 17.6. The van der Waals surface area contributed by atoms with Crippen molar-refractivity contribution in [2.45, 2.75) is 57.5 Å². The van der Waals surface area contributed by atoms with Crippen molar-refractivity contribution in [3.63, 3.8) is 0 Å². The highest BCUT2D eigenvalue weighted by atomic mass is 16.2. The Balaban J connectivity index is 1.53. The van der Waals surface area contributed by atoms with Crippen LogP contribution in [0.2, 0.25) is 0 Å². The van der Waals surface area contributed by atoms with Gasteiger partial charge in [-0.3, -0.25) is 0 Å². The summed E-state index contributed by atoms with van der Waals surface area (Å²) in [7, 11) is 0.